The predicted molar refractivity (Wildman–Crippen MR) is 146 cm³/mol. The number of amides is 1. The first-order valence-electron chi connectivity index (χ1n) is 12.9. The second-order valence-electron chi connectivity index (χ2n) is 9.67. The molecule has 1 aliphatic rings. The molecule has 0 unspecified atom stereocenters. The molecule has 1 fully saturated rings. The highest BCUT2D eigenvalue weighted by Crippen LogP contribution is 2.27. The smallest absolute Gasteiger partial charge is 0.276 e. The fraction of sp³-hybridized carbons (Fsp3) is 0.200. The standard InChI is InChI=1S/C30H25FN6O3/c31-22-2-1-3-25(14-22)40-28-7-5-23(17-33-28)34-30(39)29-26-13-20(4-6-27(26)35-36-29)21-12-19(15-32-16-21)18-37-10-8-24(38)9-11-37/h3-7,12-17,24,38H,8-11,18H2,(H,34,39)(H,35,36). The molecule has 40 heavy (non-hydrogen) atoms. The van der Waals surface area contributed by atoms with E-state index in [1.165, 1.54) is 18.3 Å². The van der Waals surface area contributed by atoms with Crippen molar-refractivity contribution in [1.29, 1.82) is 0 Å². The first-order chi connectivity index (χ1) is 19.5. The number of hydrogen-bond donors (Lipinski definition) is 3. The van der Waals surface area contributed by atoms with Gasteiger partial charge in [-0.1, -0.05) is 12.1 Å². The fourth-order valence-corrected chi connectivity index (χ4v) is 4.70. The Hall–Kier alpha value is -4.85. The number of likely N-dealkylation sites (tertiary alicyclic amines) is 1. The zero-order valence-corrected chi connectivity index (χ0v) is 21.4. The summed E-state index contributed by atoms with van der Waals surface area (Å²) in [5, 5.41) is 20.4. The summed E-state index contributed by atoms with van der Waals surface area (Å²) in [5.41, 5.74) is 4.38. The summed E-state index contributed by atoms with van der Waals surface area (Å²) in [4.78, 5) is 24.0. The third kappa shape index (κ3) is 5.76. The SMILES string of the molecule is O=C(Nc1ccc(Oc2cc#cc(F)c2)nc1)c1n[nH]c2ccc(-c3cncc(CN4CCC(O)CC4)c3)cc12. The number of aliphatic hydroxyl groups excluding tert-OH is 1. The Kier molecular flexibility index (Phi) is 7.06. The lowest BCUT2D eigenvalue weighted by molar-refractivity contribution is 0.0792. The van der Waals surface area contributed by atoms with Crippen molar-refractivity contribution in [2.45, 2.75) is 25.5 Å². The number of nitrogens with zero attached hydrogens (tertiary/aromatic N) is 4. The largest absolute Gasteiger partial charge is 0.438 e. The molecule has 2 aromatic carbocycles. The lowest BCUT2D eigenvalue weighted by atomic mass is 10.0. The molecule has 0 radical (unpaired) electrons. The topological polar surface area (TPSA) is 116 Å². The third-order valence-corrected chi connectivity index (χ3v) is 6.76. The molecule has 0 atom stereocenters. The third-order valence-electron chi connectivity index (χ3n) is 6.76. The maximum Gasteiger partial charge on any atom is 0.276 e. The second-order valence-corrected chi connectivity index (χ2v) is 9.67. The molecule has 1 aliphatic heterocycles. The molecule has 0 saturated carbocycles. The molecule has 5 aromatic rings. The number of pyridine rings is 2. The number of carbonyl (C=O) groups excluding carboxylic acids is 1. The molecule has 1 amide bonds. The van der Waals surface area contributed by atoms with E-state index < -0.39 is 11.7 Å². The van der Waals surface area contributed by atoms with E-state index in [1.54, 1.807) is 18.3 Å². The molecule has 9 nitrogen and oxygen atoms in total. The molecular formula is C30H25FN6O3. The minimum absolute atomic E-state index is 0.205. The highest BCUT2D eigenvalue weighted by molar-refractivity contribution is 6.11. The van der Waals surface area contributed by atoms with Gasteiger partial charge in [0.25, 0.3) is 5.91 Å². The highest BCUT2D eigenvalue weighted by Gasteiger charge is 2.18. The van der Waals surface area contributed by atoms with Crippen LogP contribution in [0.15, 0.2) is 67.1 Å². The Morgan fingerprint density at radius 1 is 1.12 bits per heavy atom. The molecule has 0 spiro atoms. The van der Waals surface area contributed by atoms with Crippen LogP contribution in [-0.2, 0) is 6.54 Å². The van der Waals surface area contributed by atoms with Crippen molar-refractivity contribution in [3.63, 3.8) is 0 Å². The van der Waals surface area contributed by atoms with Crippen molar-refractivity contribution in [2.75, 3.05) is 18.4 Å². The summed E-state index contributed by atoms with van der Waals surface area (Å²) in [6, 6.07) is 18.5. The molecule has 6 rings (SSSR count). The van der Waals surface area contributed by atoms with E-state index in [4.69, 9.17) is 4.74 Å². The van der Waals surface area contributed by atoms with Gasteiger partial charge in [-0.15, -0.1) is 0 Å². The Balaban J connectivity index is 1.16. The number of piperidine rings is 1. The van der Waals surface area contributed by atoms with Gasteiger partial charge in [0, 0.05) is 61.2 Å². The molecule has 4 heterocycles. The van der Waals surface area contributed by atoms with Crippen LogP contribution in [-0.4, -0.2) is 55.3 Å². The van der Waals surface area contributed by atoms with Gasteiger partial charge in [0.05, 0.1) is 23.5 Å². The Bertz CT molecular complexity index is 1650. The van der Waals surface area contributed by atoms with Gasteiger partial charge in [-0.3, -0.25) is 19.8 Å². The van der Waals surface area contributed by atoms with Crippen molar-refractivity contribution in [3.8, 4) is 22.8 Å². The molecular weight excluding hydrogens is 511 g/mol. The number of aromatic amines is 1. The van der Waals surface area contributed by atoms with Crippen LogP contribution in [0.4, 0.5) is 10.1 Å². The quantitative estimate of drug-likeness (QED) is 0.275. The summed E-state index contributed by atoms with van der Waals surface area (Å²) in [7, 11) is 0. The average molecular weight is 537 g/mol. The summed E-state index contributed by atoms with van der Waals surface area (Å²) in [5.74, 6) is -0.501. The number of benzene rings is 1. The van der Waals surface area contributed by atoms with Crippen LogP contribution < -0.4 is 10.1 Å². The van der Waals surface area contributed by atoms with E-state index in [0.29, 0.717) is 11.1 Å². The summed E-state index contributed by atoms with van der Waals surface area (Å²) in [6.07, 6.45) is 6.49. The average Bonchev–Trinajstić information content (AvgIpc) is 3.39. The Morgan fingerprint density at radius 2 is 2.00 bits per heavy atom. The van der Waals surface area contributed by atoms with Gasteiger partial charge < -0.3 is 15.2 Å². The Morgan fingerprint density at radius 3 is 2.80 bits per heavy atom. The minimum atomic E-state index is -0.585. The highest BCUT2D eigenvalue weighted by atomic mass is 19.1. The van der Waals surface area contributed by atoms with Crippen LogP contribution in [0.2, 0.25) is 0 Å². The van der Waals surface area contributed by atoms with Gasteiger partial charge in [-0.2, -0.15) is 9.49 Å². The number of carbonyl (C=O) groups is 1. The Labute approximate surface area is 229 Å². The number of hydrogen-bond acceptors (Lipinski definition) is 7. The van der Waals surface area contributed by atoms with Gasteiger partial charge in [-0.25, -0.2) is 4.98 Å². The summed E-state index contributed by atoms with van der Waals surface area (Å²) >= 11 is 0. The number of ether oxygens (including phenoxy) is 1. The number of aromatic nitrogens is 4. The van der Waals surface area contributed by atoms with Crippen molar-refractivity contribution in [3.05, 3.63) is 96.3 Å². The number of rotatable bonds is 7. The fourth-order valence-electron chi connectivity index (χ4n) is 4.70. The van der Waals surface area contributed by atoms with E-state index in [2.05, 4.69) is 48.6 Å². The maximum absolute atomic E-state index is 13.3. The lowest BCUT2D eigenvalue weighted by Crippen LogP contribution is -2.35. The lowest BCUT2D eigenvalue weighted by Gasteiger charge is -2.29. The van der Waals surface area contributed by atoms with Crippen LogP contribution in [0.25, 0.3) is 22.0 Å². The van der Waals surface area contributed by atoms with Crippen LogP contribution in [0.1, 0.15) is 28.9 Å². The number of fused-ring (bicyclic) bond motifs is 1. The van der Waals surface area contributed by atoms with Crippen LogP contribution in [0.3, 0.4) is 0 Å². The van der Waals surface area contributed by atoms with Crippen LogP contribution in [0.5, 0.6) is 11.6 Å². The predicted octanol–water partition coefficient (Wildman–Crippen LogP) is 4.76. The van der Waals surface area contributed by atoms with Gasteiger partial charge in [-0.05, 0) is 54.3 Å². The first kappa shape index (κ1) is 25.4. The monoisotopic (exact) mass is 536 g/mol. The summed E-state index contributed by atoms with van der Waals surface area (Å²) in [6.45, 7) is 2.49. The van der Waals surface area contributed by atoms with Crippen molar-refractivity contribution in [1.82, 2.24) is 25.1 Å². The van der Waals surface area contributed by atoms with Crippen molar-refractivity contribution < 1.29 is 19.0 Å². The molecule has 1 saturated heterocycles. The van der Waals surface area contributed by atoms with E-state index >= 15 is 0 Å². The first-order valence-corrected chi connectivity index (χ1v) is 12.9. The zero-order chi connectivity index (χ0) is 27.5. The number of anilines is 1. The van der Waals surface area contributed by atoms with Gasteiger partial charge in [0.2, 0.25) is 5.88 Å². The van der Waals surface area contributed by atoms with E-state index in [-0.39, 0.29) is 23.4 Å². The van der Waals surface area contributed by atoms with Gasteiger partial charge >= 0.3 is 0 Å². The van der Waals surface area contributed by atoms with E-state index in [9.17, 15) is 14.3 Å². The normalized spacial score (nSPS) is 14.2. The number of aliphatic hydroxyl groups is 1. The minimum Gasteiger partial charge on any atom is -0.438 e. The van der Waals surface area contributed by atoms with Gasteiger partial charge in [0.1, 0.15) is 5.75 Å². The molecule has 200 valence electrons. The van der Waals surface area contributed by atoms with E-state index in [1.807, 2.05) is 24.4 Å². The van der Waals surface area contributed by atoms with Gasteiger partial charge in [0.15, 0.2) is 11.5 Å². The number of halogens is 1. The molecule has 0 bridgehead atoms. The van der Waals surface area contributed by atoms with Crippen LogP contribution >= 0.6 is 0 Å². The molecule has 3 aromatic heterocycles. The second kappa shape index (κ2) is 11.1. The van der Waals surface area contributed by atoms with Crippen LogP contribution in [0, 0.1) is 17.9 Å². The molecule has 10 heteroatoms. The van der Waals surface area contributed by atoms with E-state index in [0.717, 1.165) is 54.7 Å². The zero-order valence-electron chi connectivity index (χ0n) is 21.4. The molecule has 0 aliphatic carbocycles. The molecule has 3 N–H and O–H groups in total. The van der Waals surface area contributed by atoms with Crippen molar-refractivity contribution in [2.24, 2.45) is 0 Å². The maximum atomic E-state index is 13.3. The summed E-state index contributed by atoms with van der Waals surface area (Å²) < 4.78 is 18.8. The van der Waals surface area contributed by atoms with Crippen molar-refractivity contribution >= 4 is 22.5 Å². The number of H-pyrrole nitrogens is 1. The number of nitrogens with one attached hydrogen (secondary N) is 2.